The fourth-order valence-corrected chi connectivity index (χ4v) is 2.74. The molecule has 4 N–H and O–H groups in total. The van der Waals surface area contributed by atoms with Gasteiger partial charge in [-0.3, -0.25) is 15.6 Å². The molecule has 0 atom stereocenters. The van der Waals surface area contributed by atoms with E-state index < -0.39 is 11.7 Å². The summed E-state index contributed by atoms with van der Waals surface area (Å²) in [6.45, 7) is 0. The van der Waals surface area contributed by atoms with Gasteiger partial charge in [-0.05, 0) is 37.8 Å². The molecule has 1 fully saturated rings. The first kappa shape index (κ1) is 16.9. The van der Waals surface area contributed by atoms with Crippen molar-refractivity contribution in [3.8, 4) is 5.88 Å². The molecule has 1 aliphatic carbocycles. The molecule has 7 nitrogen and oxygen atoms in total. The molecule has 2 aromatic rings. The summed E-state index contributed by atoms with van der Waals surface area (Å²) in [5.74, 6) is -0.764. The van der Waals surface area contributed by atoms with Crippen LogP contribution in [0.2, 0.25) is 0 Å². The summed E-state index contributed by atoms with van der Waals surface area (Å²) in [6.07, 6.45) is 6.79. The Labute approximate surface area is 144 Å². The molecule has 1 aliphatic rings. The van der Waals surface area contributed by atoms with Crippen LogP contribution in [0.15, 0.2) is 30.6 Å². The second kappa shape index (κ2) is 7.78. The smallest absolute Gasteiger partial charge is 0.272 e. The molecule has 1 heterocycles. The summed E-state index contributed by atoms with van der Waals surface area (Å²) >= 11 is 0. The van der Waals surface area contributed by atoms with Crippen LogP contribution in [-0.2, 0) is 0 Å². The van der Waals surface area contributed by atoms with E-state index >= 15 is 0 Å². The van der Waals surface area contributed by atoms with Gasteiger partial charge in [-0.2, -0.15) is 4.98 Å². The predicted molar refractivity (Wildman–Crippen MR) is 91.4 cm³/mol. The van der Waals surface area contributed by atoms with Crippen LogP contribution >= 0.6 is 0 Å². The van der Waals surface area contributed by atoms with Crippen molar-refractivity contribution < 1.29 is 13.9 Å². The lowest BCUT2D eigenvalue weighted by Crippen LogP contribution is -2.31. The van der Waals surface area contributed by atoms with Crippen molar-refractivity contribution in [1.29, 1.82) is 0 Å². The van der Waals surface area contributed by atoms with E-state index in [1.54, 1.807) is 6.07 Å². The third-order valence-corrected chi connectivity index (χ3v) is 4.09. The summed E-state index contributed by atoms with van der Waals surface area (Å²) < 4.78 is 19.5. The van der Waals surface area contributed by atoms with Gasteiger partial charge in [0, 0.05) is 0 Å². The van der Waals surface area contributed by atoms with E-state index in [1.807, 2.05) is 0 Å². The zero-order valence-corrected chi connectivity index (χ0v) is 13.7. The Balaban J connectivity index is 1.65. The van der Waals surface area contributed by atoms with Crippen molar-refractivity contribution in [3.05, 3.63) is 42.0 Å². The second-order valence-corrected chi connectivity index (χ2v) is 5.88. The van der Waals surface area contributed by atoms with Crippen molar-refractivity contribution in [1.82, 2.24) is 15.4 Å². The van der Waals surface area contributed by atoms with Gasteiger partial charge in [0.1, 0.15) is 23.9 Å². The molecule has 0 saturated heterocycles. The van der Waals surface area contributed by atoms with Gasteiger partial charge in [-0.1, -0.05) is 18.6 Å². The van der Waals surface area contributed by atoms with Gasteiger partial charge in [0.15, 0.2) is 5.82 Å². The highest BCUT2D eigenvalue weighted by molar-refractivity contribution is 5.95. The number of nitrogen functional groups attached to an aromatic ring is 1. The van der Waals surface area contributed by atoms with Crippen molar-refractivity contribution in [2.75, 3.05) is 11.2 Å². The minimum Gasteiger partial charge on any atom is -0.473 e. The molecule has 3 rings (SSSR count). The number of hydrogen-bond acceptors (Lipinski definition) is 6. The standard InChI is InChI=1S/C17H20FN5O2/c18-13-9-5-4-8-12(13)16(24)23-22-15-14(19)17(21-10-20-15)25-11-6-2-1-3-7-11/h4-5,8-11H,1-3,6-7,19H2,(H,23,24)(H,20,21,22). The van der Waals surface area contributed by atoms with E-state index in [2.05, 4.69) is 20.8 Å². The zero-order chi connectivity index (χ0) is 17.6. The van der Waals surface area contributed by atoms with E-state index in [-0.39, 0.29) is 29.1 Å². The van der Waals surface area contributed by atoms with Crippen molar-refractivity contribution in [3.63, 3.8) is 0 Å². The van der Waals surface area contributed by atoms with Crippen LogP contribution in [0.4, 0.5) is 15.9 Å². The van der Waals surface area contributed by atoms with Gasteiger partial charge in [-0.15, -0.1) is 0 Å². The number of anilines is 2. The summed E-state index contributed by atoms with van der Waals surface area (Å²) in [7, 11) is 0. The molecule has 8 heteroatoms. The van der Waals surface area contributed by atoms with E-state index in [0.29, 0.717) is 0 Å². The lowest BCUT2D eigenvalue weighted by atomic mass is 9.98. The monoisotopic (exact) mass is 345 g/mol. The zero-order valence-electron chi connectivity index (χ0n) is 13.7. The maximum absolute atomic E-state index is 13.6. The highest BCUT2D eigenvalue weighted by atomic mass is 19.1. The highest BCUT2D eigenvalue weighted by Gasteiger charge is 2.19. The van der Waals surface area contributed by atoms with Gasteiger partial charge in [0.05, 0.1) is 5.56 Å². The average molecular weight is 345 g/mol. The van der Waals surface area contributed by atoms with Crippen LogP contribution in [0.25, 0.3) is 0 Å². The van der Waals surface area contributed by atoms with Gasteiger partial charge in [0.2, 0.25) is 5.88 Å². The van der Waals surface area contributed by atoms with Gasteiger partial charge >= 0.3 is 0 Å². The molecule has 1 saturated carbocycles. The molecule has 132 valence electrons. The van der Waals surface area contributed by atoms with Crippen LogP contribution in [0.5, 0.6) is 5.88 Å². The molecular formula is C17H20FN5O2. The van der Waals surface area contributed by atoms with Crippen LogP contribution < -0.4 is 21.3 Å². The second-order valence-electron chi connectivity index (χ2n) is 5.88. The molecule has 25 heavy (non-hydrogen) atoms. The molecule has 0 unspecified atom stereocenters. The summed E-state index contributed by atoms with van der Waals surface area (Å²) in [4.78, 5) is 20.1. The SMILES string of the molecule is Nc1c(NNC(=O)c2ccccc2F)ncnc1OC1CCCCC1. The Morgan fingerprint density at radius 1 is 1.20 bits per heavy atom. The maximum atomic E-state index is 13.6. The third-order valence-electron chi connectivity index (χ3n) is 4.09. The number of hydrazine groups is 1. The van der Waals surface area contributed by atoms with E-state index in [1.165, 1.54) is 30.9 Å². The number of hydrogen-bond donors (Lipinski definition) is 3. The fourth-order valence-electron chi connectivity index (χ4n) is 2.74. The quantitative estimate of drug-likeness (QED) is 0.720. The molecular weight excluding hydrogens is 325 g/mol. The Morgan fingerprint density at radius 3 is 2.72 bits per heavy atom. The van der Waals surface area contributed by atoms with Gasteiger partial charge in [-0.25, -0.2) is 9.37 Å². The van der Waals surface area contributed by atoms with Crippen LogP contribution in [0, 0.1) is 5.82 Å². The minimum absolute atomic E-state index is 0.0821. The Hall–Kier alpha value is -2.90. The van der Waals surface area contributed by atoms with Crippen molar-refractivity contribution >= 4 is 17.4 Å². The predicted octanol–water partition coefficient (Wildman–Crippen LogP) is 2.67. The number of halogens is 1. The molecule has 1 amide bonds. The van der Waals surface area contributed by atoms with Gasteiger partial charge in [0.25, 0.3) is 5.91 Å². The number of ether oxygens (including phenoxy) is 1. The number of benzene rings is 1. The third kappa shape index (κ3) is 4.14. The average Bonchev–Trinajstić information content (AvgIpc) is 2.63. The Morgan fingerprint density at radius 2 is 1.96 bits per heavy atom. The number of carbonyl (C=O) groups excluding carboxylic acids is 1. The normalized spacial score (nSPS) is 14.8. The largest absolute Gasteiger partial charge is 0.473 e. The molecule has 0 aliphatic heterocycles. The number of rotatable bonds is 5. The van der Waals surface area contributed by atoms with Crippen molar-refractivity contribution in [2.45, 2.75) is 38.2 Å². The first-order chi connectivity index (χ1) is 12.1. The number of nitrogens with two attached hydrogens (primary N) is 1. The van der Waals surface area contributed by atoms with Crippen LogP contribution in [0.3, 0.4) is 0 Å². The summed E-state index contributed by atoms with van der Waals surface area (Å²) in [6, 6.07) is 5.68. The van der Waals surface area contributed by atoms with E-state index in [9.17, 15) is 9.18 Å². The number of aromatic nitrogens is 2. The highest BCUT2D eigenvalue weighted by Crippen LogP contribution is 2.28. The lowest BCUT2D eigenvalue weighted by molar-refractivity contribution is 0.0958. The summed E-state index contributed by atoms with van der Waals surface area (Å²) in [5, 5.41) is 0. The van der Waals surface area contributed by atoms with Crippen molar-refractivity contribution in [2.24, 2.45) is 0 Å². The molecule has 1 aromatic carbocycles. The summed E-state index contributed by atoms with van der Waals surface area (Å²) in [5.41, 5.74) is 11.1. The topological polar surface area (TPSA) is 102 Å². The van der Waals surface area contributed by atoms with Crippen LogP contribution in [0.1, 0.15) is 42.5 Å². The molecule has 0 bridgehead atoms. The number of amides is 1. The lowest BCUT2D eigenvalue weighted by Gasteiger charge is -2.23. The Bertz CT molecular complexity index is 750. The molecule has 1 aromatic heterocycles. The number of nitrogens with zero attached hydrogens (tertiary/aromatic N) is 2. The first-order valence-electron chi connectivity index (χ1n) is 8.23. The fraction of sp³-hybridized carbons (Fsp3) is 0.353. The van der Waals surface area contributed by atoms with Crippen LogP contribution in [-0.4, -0.2) is 22.0 Å². The minimum atomic E-state index is -0.633. The van der Waals surface area contributed by atoms with Gasteiger partial charge < -0.3 is 10.5 Å². The first-order valence-corrected chi connectivity index (χ1v) is 8.23. The van der Waals surface area contributed by atoms with E-state index in [0.717, 1.165) is 25.7 Å². The Kier molecular flexibility index (Phi) is 5.27. The van der Waals surface area contributed by atoms with E-state index in [4.69, 9.17) is 10.5 Å². The number of carbonyl (C=O) groups is 1. The molecule has 0 spiro atoms. The number of nitrogens with one attached hydrogen (secondary N) is 2. The molecule has 0 radical (unpaired) electrons. The maximum Gasteiger partial charge on any atom is 0.272 e.